The van der Waals surface area contributed by atoms with Gasteiger partial charge in [-0.05, 0) is 68.6 Å². The van der Waals surface area contributed by atoms with Gasteiger partial charge in [-0.1, -0.05) is 30.7 Å². The summed E-state index contributed by atoms with van der Waals surface area (Å²) < 4.78 is 8.29. The summed E-state index contributed by atoms with van der Waals surface area (Å²) in [5.41, 5.74) is 3.26. The molecule has 1 aromatic heterocycles. The molecule has 1 atom stereocenters. The number of aromatic nitrogens is 2. The van der Waals surface area contributed by atoms with Crippen LogP contribution in [0.5, 0.6) is 5.75 Å². The second-order valence-electron chi connectivity index (χ2n) is 8.62. The fraction of sp³-hybridized carbons (Fsp3) is 0.462. The molecule has 0 spiro atoms. The first kappa shape index (κ1) is 23.6. The molecule has 33 heavy (non-hydrogen) atoms. The first-order chi connectivity index (χ1) is 16.1. The highest BCUT2D eigenvalue weighted by molar-refractivity contribution is 6.31. The lowest BCUT2D eigenvalue weighted by atomic mass is 10.1. The number of halogens is 1. The molecule has 7 heteroatoms. The van der Waals surface area contributed by atoms with Gasteiger partial charge >= 0.3 is 0 Å². The first-order valence-corrected chi connectivity index (χ1v) is 12.3. The molecule has 2 aliphatic rings. The third-order valence-corrected chi connectivity index (χ3v) is 6.63. The van der Waals surface area contributed by atoms with Gasteiger partial charge in [-0.15, -0.1) is 0 Å². The molecule has 1 amide bonds. The van der Waals surface area contributed by atoms with Gasteiger partial charge in [0, 0.05) is 30.5 Å². The molecule has 176 valence electrons. The summed E-state index contributed by atoms with van der Waals surface area (Å²) >= 11 is 6.21. The molecule has 1 fully saturated rings. The Balaban J connectivity index is 1.42. The summed E-state index contributed by atoms with van der Waals surface area (Å²) in [6.07, 6.45) is 12.8. The van der Waals surface area contributed by atoms with E-state index in [9.17, 15) is 4.79 Å². The smallest absolute Gasteiger partial charge is 0.224 e. The molecule has 0 bridgehead atoms. The number of carbonyl (C=O) groups is 1. The van der Waals surface area contributed by atoms with Crippen molar-refractivity contribution in [3.05, 3.63) is 58.1 Å². The summed E-state index contributed by atoms with van der Waals surface area (Å²) in [5.74, 6) is 2.20. The Morgan fingerprint density at radius 1 is 1.24 bits per heavy atom. The van der Waals surface area contributed by atoms with Gasteiger partial charge in [0.1, 0.15) is 11.6 Å². The minimum Gasteiger partial charge on any atom is -0.494 e. The fourth-order valence-corrected chi connectivity index (χ4v) is 4.80. The molecule has 1 N–H and O–H groups in total. The molecule has 1 saturated heterocycles. The summed E-state index contributed by atoms with van der Waals surface area (Å²) in [6.45, 7) is 4.90. The Labute approximate surface area is 201 Å². The number of rotatable bonds is 10. The Morgan fingerprint density at radius 2 is 2.09 bits per heavy atom. The predicted octanol–water partition coefficient (Wildman–Crippen LogP) is 4.88. The Kier molecular flexibility index (Phi) is 7.89. The van der Waals surface area contributed by atoms with Crippen LogP contribution in [0, 0.1) is 0 Å². The van der Waals surface area contributed by atoms with Crippen molar-refractivity contribution >= 4 is 29.7 Å². The minimum atomic E-state index is 0.123. The van der Waals surface area contributed by atoms with E-state index >= 15 is 0 Å². The standard InChI is InChI=1S/C26H33ClN4O2/c1-3-19-15-21(11-12-22(19)27)33-14-8-7-13-31-24-10-6-4-5-9-23(24)29-26(31)20-16-25(32)30(17-20)18-28-2/h5-6,9-12,15,20,28H,3-4,7-8,13-14,16-18H2,1-2H3. The van der Waals surface area contributed by atoms with Crippen LogP contribution in [0.15, 0.2) is 30.4 Å². The average molecular weight is 469 g/mol. The third-order valence-electron chi connectivity index (χ3n) is 6.26. The first-order valence-electron chi connectivity index (χ1n) is 11.9. The van der Waals surface area contributed by atoms with Gasteiger partial charge in [-0.2, -0.15) is 0 Å². The Morgan fingerprint density at radius 3 is 2.91 bits per heavy atom. The van der Waals surface area contributed by atoms with Crippen LogP contribution >= 0.6 is 11.6 Å². The van der Waals surface area contributed by atoms with E-state index in [0.29, 0.717) is 26.2 Å². The third kappa shape index (κ3) is 5.50. The van der Waals surface area contributed by atoms with E-state index in [1.165, 1.54) is 0 Å². The molecule has 1 aromatic carbocycles. The van der Waals surface area contributed by atoms with Gasteiger partial charge in [-0.3, -0.25) is 4.79 Å². The van der Waals surface area contributed by atoms with Crippen molar-refractivity contribution < 1.29 is 9.53 Å². The van der Waals surface area contributed by atoms with Crippen molar-refractivity contribution in [3.63, 3.8) is 0 Å². The molecular formula is C26H33ClN4O2. The number of aryl methyl sites for hydroxylation is 1. The van der Waals surface area contributed by atoms with Crippen LogP contribution in [0.2, 0.25) is 5.02 Å². The number of amides is 1. The molecular weight excluding hydrogens is 436 g/mol. The Bertz CT molecular complexity index is 1040. The number of likely N-dealkylation sites (tertiary alicyclic amines) is 1. The van der Waals surface area contributed by atoms with Crippen molar-refractivity contribution in [3.8, 4) is 5.75 Å². The van der Waals surface area contributed by atoms with E-state index in [1.54, 1.807) is 0 Å². The van der Waals surface area contributed by atoms with Crippen LogP contribution in [-0.2, 0) is 17.8 Å². The summed E-state index contributed by atoms with van der Waals surface area (Å²) in [5, 5.41) is 3.88. The second kappa shape index (κ2) is 11.0. The SMILES string of the molecule is CCc1cc(OCCCCn2c(C3CC(=O)N(CNC)C3)nc3c2C=CCC=C3)ccc1Cl. The highest BCUT2D eigenvalue weighted by Crippen LogP contribution is 2.31. The van der Waals surface area contributed by atoms with E-state index in [0.717, 1.165) is 65.8 Å². The topological polar surface area (TPSA) is 59.4 Å². The van der Waals surface area contributed by atoms with Crippen molar-refractivity contribution in [1.82, 2.24) is 19.8 Å². The average Bonchev–Trinajstić information content (AvgIpc) is 3.25. The number of fused-ring (bicyclic) bond motifs is 1. The molecule has 1 aliphatic carbocycles. The zero-order valence-electron chi connectivity index (χ0n) is 19.5. The molecule has 6 nitrogen and oxygen atoms in total. The minimum absolute atomic E-state index is 0.123. The van der Waals surface area contributed by atoms with Gasteiger partial charge in [0.05, 0.1) is 24.7 Å². The Hall–Kier alpha value is -2.57. The van der Waals surface area contributed by atoms with Gasteiger partial charge in [0.2, 0.25) is 5.91 Å². The molecule has 1 aliphatic heterocycles. The monoisotopic (exact) mass is 468 g/mol. The number of benzene rings is 1. The number of nitrogens with one attached hydrogen (secondary N) is 1. The van der Waals surface area contributed by atoms with Gasteiger partial charge in [0.25, 0.3) is 0 Å². The molecule has 1 unspecified atom stereocenters. The van der Waals surface area contributed by atoms with Crippen LogP contribution in [-0.4, -0.2) is 47.2 Å². The summed E-state index contributed by atoms with van der Waals surface area (Å²) in [6, 6.07) is 5.87. The molecule has 0 saturated carbocycles. The van der Waals surface area contributed by atoms with Crippen molar-refractivity contribution in [2.45, 2.75) is 51.5 Å². The second-order valence-corrected chi connectivity index (χ2v) is 9.03. The van der Waals surface area contributed by atoms with Crippen LogP contribution in [0.1, 0.15) is 61.3 Å². The zero-order chi connectivity index (χ0) is 23.2. The van der Waals surface area contributed by atoms with E-state index < -0.39 is 0 Å². The molecule has 4 rings (SSSR count). The maximum absolute atomic E-state index is 12.5. The molecule has 0 radical (unpaired) electrons. The quantitative estimate of drug-likeness (QED) is 0.505. The number of imidazole rings is 1. The number of hydrogen-bond acceptors (Lipinski definition) is 4. The largest absolute Gasteiger partial charge is 0.494 e. The number of nitrogens with zero attached hydrogens (tertiary/aromatic N) is 3. The highest BCUT2D eigenvalue weighted by Gasteiger charge is 2.34. The lowest BCUT2D eigenvalue weighted by molar-refractivity contribution is -0.127. The molecule has 2 heterocycles. The van der Waals surface area contributed by atoms with Gasteiger partial charge < -0.3 is 19.5 Å². The lowest BCUT2D eigenvalue weighted by Gasteiger charge is -2.17. The van der Waals surface area contributed by atoms with E-state index in [1.807, 2.05) is 30.1 Å². The summed E-state index contributed by atoms with van der Waals surface area (Å²) in [4.78, 5) is 19.3. The van der Waals surface area contributed by atoms with E-state index in [4.69, 9.17) is 21.3 Å². The van der Waals surface area contributed by atoms with E-state index in [2.05, 4.69) is 41.1 Å². The predicted molar refractivity (Wildman–Crippen MR) is 133 cm³/mol. The van der Waals surface area contributed by atoms with Gasteiger partial charge in [0.15, 0.2) is 0 Å². The normalized spacial score (nSPS) is 17.5. The van der Waals surface area contributed by atoms with Crippen molar-refractivity contribution in [2.24, 2.45) is 0 Å². The summed E-state index contributed by atoms with van der Waals surface area (Å²) in [7, 11) is 1.87. The fourth-order valence-electron chi connectivity index (χ4n) is 4.55. The van der Waals surface area contributed by atoms with Crippen molar-refractivity contribution in [1.29, 1.82) is 0 Å². The number of hydrogen-bond donors (Lipinski definition) is 1. The van der Waals surface area contributed by atoms with Gasteiger partial charge in [-0.25, -0.2) is 4.98 Å². The maximum atomic E-state index is 12.5. The number of allylic oxidation sites excluding steroid dienone is 2. The van der Waals surface area contributed by atoms with E-state index in [-0.39, 0.29) is 11.8 Å². The number of unbranched alkanes of at least 4 members (excludes halogenated alkanes) is 1. The maximum Gasteiger partial charge on any atom is 0.224 e. The zero-order valence-corrected chi connectivity index (χ0v) is 20.3. The number of ether oxygens (including phenoxy) is 1. The van der Waals surface area contributed by atoms with Crippen LogP contribution in [0.25, 0.3) is 12.2 Å². The highest BCUT2D eigenvalue weighted by atomic mass is 35.5. The number of carbonyl (C=O) groups excluding carboxylic acids is 1. The van der Waals surface area contributed by atoms with Crippen LogP contribution in [0.3, 0.4) is 0 Å². The lowest BCUT2D eigenvalue weighted by Crippen LogP contribution is -2.33. The van der Waals surface area contributed by atoms with Crippen LogP contribution in [0.4, 0.5) is 0 Å². The molecule has 2 aromatic rings. The van der Waals surface area contributed by atoms with Crippen LogP contribution < -0.4 is 10.1 Å². The van der Waals surface area contributed by atoms with Crippen molar-refractivity contribution in [2.75, 3.05) is 26.9 Å².